The molecule has 0 aliphatic carbocycles. The molecule has 0 bridgehead atoms. The normalized spacial score (nSPS) is 11.0. The number of sulfonamides is 1. The van der Waals surface area contributed by atoms with Crippen molar-refractivity contribution in [2.45, 2.75) is 11.4 Å². The molecule has 1 rings (SSSR count). The lowest BCUT2D eigenvalue weighted by atomic mass is 10.2. The Kier molecular flexibility index (Phi) is 6.26. The van der Waals surface area contributed by atoms with E-state index in [2.05, 4.69) is 17.2 Å². The van der Waals surface area contributed by atoms with Crippen molar-refractivity contribution in [2.75, 3.05) is 20.6 Å². The molecule has 0 aromatic heterocycles. The minimum atomic E-state index is -3.48. The molecule has 120 valence electrons. The number of nitrogens with one attached hydrogen (secondary N) is 2. The van der Waals surface area contributed by atoms with Crippen LogP contribution in [0.2, 0.25) is 0 Å². The summed E-state index contributed by atoms with van der Waals surface area (Å²) < 4.78 is 24.9. The summed E-state index contributed by atoms with van der Waals surface area (Å²) in [5.74, 6) is -1.50. The molecule has 0 heterocycles. The van der Waals surface area contributed by atoms with Gasteiger partial charge >= 0.3 is 11.8 Å². The van der Waals surface area contributed by atoms with Gasteiger partial charge in [-0.1, -0.05) is 18.2 Å². The standard InChI is InChI=1S/C14H19N3O4S/c1-4-9-15-13(18)14(19)16-10-11-5-7-12(8-6-11)22(20,21)17(2)3/h4-8H,1,9-10H2,2-3H3,(H,15,18)(H,16,19). The largest absolute Gasteiger partial charge is 0.344 e. The molecule has 0 fully saturated rings. The van der Waals surface area contributed by atoms with Gasteiger partial charge in [-0.15, -0.1) is 6.58 Å². The van der Waals surface area contributed by atoms with E-state index in [4.69, 9.17) is 0 Å². The molecule has 0 spiro atoms. The van der Waals surface area contributed by atoms with Gasteiger partial charge in [0, 0.05) is 27.2 Å². The van der Waals surface area contributed by atoms with Crippen molar-refractivity contribution in [1.29, 1.82) is 0 Å². The van der Waals surface area contributed by atoms with Crippen LogP contribution in [-0.4, -0.2) is 45.2 Å². The van der Waals surface area contributed by atoms with E-state index in [-0.39, 0.29) is 18.0 Å². The molecule has 0 saturated heterocycles. The van der Waals surface area contributed by atoms with Gasteiger partial charge in [0.05, 0.1) is 4.90 Å². The summed E-state index contributed by atoms with van der Waals surface area (Å²) in [5, 5.41) is 4.80. The Morgan fingerprint density at radius 2 is 1.68 bits per heavy atom. The highest BCUT2D eigenvalue weighted by atomic mass is 32.2. The summed E-state index contributed by atoms with van der Waals surface area (Å²) in [5.41, 5.74) is 0.683. The SMILES string of the molecule is C=CCNC(=O)C(=O)NCc1ccc(S(=O)(=O)N(C)C)cc1. The number of hydrogen-bond acceptors (Lipinski definition) is 4. The molecule has 0 unspecified atom stereocenters. The molecule has 22 heavy (non-hydrogen) atoms. The quantitative estimate of drug-likeness (QED) is 0.562. The van der Waals surface area contributed by atoms with Crippen LogP contribution in [0.1, 0.15) is 5.56 Å². The smallest absolute Gasteiger partial charge is 0.309 e. The lowest BCUT2D eigenvalue weighted by Crippen LogP contribution is -2.39. The molecule has 7 nitrogen and oxygen atoms in total. The second kappa shape index (κ2) is 7.71. The molecule has 1 aromatic rings. The maximum Gasteiger partial charge on any atom is 0.309 e. The lowest BCUT2D eigenvalue weighted by molar-refractivity contribution is -0.139. The average Bonchev–Trinajstić information content (AvgIpc) is 2.50. The van der Waals surface area contributed by atoms with Crippen molar-refractivity contribution in [2.24, 2.45) is 0 Å². The molecule has 2 amide bonds. The third-order valence-electron chi connectivity index (χ3n) is 2.77. The third kappa shape index (κ3) is 4.68. The number of benzene rings is 1. The molecular weight excluding hydrogens is 306 g/mol. The van der Waals surface area contributed by atoms with E-state index in [0.29, 0.717) is 5.56 Å². The van der Waals surface area contributed by atoms with Gasteiger partial charge < -0.3 is 10.6 Å². The molecule has 0 aliphatic heterocycles. The minimum absolute atomic E-state index is 0.128. The van der Waals surface area contributed by atoms with Gasteiger partial charge in [0.15, 0.2) is 0 Å². The Bertz CT molecular complexity index is 651. The van der Waals surface area contributed by atoms with E-state index >= 15 is 0 Å². The maximum atomic E-state index is 11.9. The Morgan fingerprint density at radius 1 is 1.14 bits per heavy atom. The lowest BCUT2D eigenvalue weighted by Gasteiger charge is -2.11. The summed E-state index contributed by atoms with van der Waals surface area (Å²) >= 11 is 0. The molecule has 0 radical (unpaired) electrons. The number of nitrogens with zero attached hydrogens (tertiary/aromatic N) is 1. The fourth-order valence-corrected chi connectivity index (χ4v) is 2.40. The first-order valence-electron chi connectivity index (χ1n) is 6.47. The van der Waals surface area contributed by atoms with Gasteiger partial charge in [0.25, 0.3) is 0 Å². The minimum Gasteiger partial charge on any atom is -0.344 e. The Labute approximate surface area is 130 Å². The van der Waals surface area contributed by atoms with E-state index in [1.165, 1.54) is 32.3 Å². The van der Waals surface area contributed by atoms with E-state index in [0.717, 1.165) is 4.31 Å². The van der Waals surface area contributed by atoms with Gasteiger partial charge in [-0.05, 0) is 17.7 Å². The number of carbonyl (C=O) groups excluding carboxylic acids is 2. The Morgan fingerprint density at radius 3 is 2.18 bits per heavy atom. The van der Waals surface area contributed by atoms with E-state index in [1.54, 1.807) is 12.1 Å². The summed E-state index contributed by atoms with van der Waals surface area (Å²) in [6, 6.07) is 6.07. The van der Waals surface area contributed by atoms with Crippen molar-refractivity contribution >= 4 is 21.8 Å². The molecule has 1 aromatic carbocycles. The van der Waals surface area contributed by atoms with Gasteiger partial charge in [-0.2, -0.15) is 0 Å². The van der Waals surface area contributed by atoms with Crippen molar-refractivity contribution in [1.82, 2.24) is 14.9 Å². The number of rotatable bonds is 6. The molecule has 0 atom stereocenters. The highest BCUT2D eigenvalue weighted by molar-refractivity contribution is 7.89. The highest BCUT2D eigenvalue weighted by Crippen LogP contribution is 2.13. The topological polar surface area (TPSA) is 95.6 Å². The molecule has 8 heteroatoms. The van der Waals surface area contributed by atoms with Crippen LogP contribution in [0.3, 0.4) is 0 Å². The maximum absolute atomic E-state index is 11.9. The second-order valence-corrected chi connectivity index (χ2v) is 6.76. The van der Waals surface area contributed by atoms with Crippen LogP contribution in [0.25, 0.3) is 0 Å². The number of hydrogen-bond donors (Lipinski definition) is 2. The van der Waals surface area contributed by atoms with Gasteiger partial charge in [0.2, 0.25) is 10.0 Å². The van der Waals surface area contributed by atoms with Crippen molar-refractivity contribution < 1.29 is 18.0 Å². The van der Waals surface area contributed by atoms with E-state index in [9.17, 15) is 18.0 Å². The first kappa shape index (κ1) is 17.9. The van der Waals surface area contributed by atoms with E-state index < -0.39 is 21.8 Å². The van der Waals surface area contributed by atoms with E-state index in [1.807, 2.05) is 0 Å². The fraction of sp³-hybridized carbons (Fsp3) is 0.286. The summed E-state index contributed by atoms with van der Waals surface area (Å²) in [4.78, 5) is 23.0. The predicted molar refractivity (Wildman–Crippen MR) is 82.4 cm³/mol. The monoisotopic (exact) mass is 325 g/mol. The first-order chi connectivity index (χ1) is 10.3. The predicted octanol–water partition coefficient (Wildman–Crippen LogP) is -0.145. The molecule has 0 aliphatic rings. The molecule has 2 N–H and O–H groups in total. The molecular formula is C14H19N3O4S. The third-order valence-corrected chi connectivity index (χ3v) is 4.60. The summed E-state index contributed by atoms with van der Waals surface area (Å²) in [6.07, 6.45) is 1.47. The fourth-order valence-electron chi connectivity index (χ4n) is 1.50. The highest BCUT2D eigenvalue weighted by Gasteiger charge is 2.17. The first-order valence-corrected chi connectivity index (χ1v) is 7.91. The van der Waals surface area contributed by atoms with Crippen molar-refractivity contribution in [3.8, 4) is 0 Å². The van der Waals surface area contributed by atoms with Crippen molar-refractivity contribution in [3.05, 3.63) is 42.5 Å². The van der Waals surface area contributed by atoms with Crippen LogP contribution < -0.4 is 10.6 Å². The van der Waals surface area contributed by atoms with Crippen LogP contribution in [-0.2, 0) is 26.2 Å². The van der Waals surface area contributed by atoms with Gasteiger partial charge in [0.1, 0.15) is 0 Å². The van der Waals surface area contributed by atoms with Crippen molar-refractivity contribution in [3.63, 3.8) is 0 Å². The Balaban J connectivity index is 2.64. The van der Waals surface area contributed by atoms with Crippen LogP contribution in [0.4, 0.5) is 0 Å². The Hall–Kier alpha value is -2.19. The molecule has 0 saturated carbocycles. The van der Waals surface area contributed by atoms with Gasteiger partial charge in [-0.25, -0.2) is 12.7 Å². The second-order valence-electron chi connectivity index (χ2n) is 4.61. The zero-order valence-corrected chi connectivity index (χ0v) is 13.3. The zero-order chi connectivity index (χ0) is 16.8. The van der Waals surface area contributed by atoms with Crippen LogP contribution in [0, 0.1) is 0 Å². The summed E-state index contributed by atoms with van der Waals surface area (Å²) in [6.45, 7) is 3.77. The number of amides is 2. The van der Waals surface area contributed by atoms with Crippen LogP contribution in [0.15, 0.2) is 41.8 Å². The van der Waals surface area contributed by atoms with Crippen LogP contribution in [0.5, 0.6) is 0 Å². The summed E-state index contributed by atoms with van der Waals surface area (Å²) in [7, 11) is -0.577. The number of carbonyl (C=O) groups is 2. The van der Waals surface area contributed by atoms with Crippen LogP contribution >= 0.6 is 0 Å². The average molecular weight is 325 g/mol. The zero-order valence-electron chi connectivity index (χ0n) is 12.5. The van der Waals surface area contributed by atoms with Gasteiger partial charge in [-0.3, -0.25) is 9.59 Å².